The second kappa shape index (κ2) is 5.03. The summed E-state index contributed by atoms with van der Waals surface area (Å²) in [6, 6.07) is 0. The standard InChI is InChI=1S/C10H18N2OS/c1-8-5-11-10(14-8)12-6-9-3-2-4-13-7-9/h8-9H,2-7H2,1H3,(H,11,12). The summed E-state index contributed by atoms with van der Waals surface area (Å²) in [6.45, 7) is 6.07. The van der Waals surface area contributed by atoms with Gasteiger partial charge in [-0.2, -0.15) is 0 Å². The highest BCUT2D eigenvalue weighted by Gasteiger charge is 2.17. The fraction of sp³-hybridized carbons (Fsp3) is 0.900. The molecule has 1 fully saturated rings. The first kappa shape index (κ1) is 10.3. The van der Waals surface area contributed by atoms with E-state index in [2.05, 4.69) is 17.2 Å². The monoisotopic (exact) mass is 214 g/mol. The Morgan fingerprint density at radius 3 is 3.21 bits per heavy atom. The molecular weight excluding hydrogens is 196 g/mol. The number of thioether (sulfide) groups is 1. The number of amidine groups is 1. The fourth-order valence-corrected chi connectivity index (χ4v) is 2.62. The van der Waals surface area contributed by atoms with E-state index >= 15 is 0 Å². The Labute approximate surface area is 89.7 Å². The lowest BCUT2D eigenvalue weighted by Gasteiger charge is -2.22. The molecule has 0 amide bonds. The van der Waals surface area contributed by atoms with Crippen molar-refractivity contribution >= 4 is 16.9 Å². The highest BCUT2D eigenvalue weighted by atomic mass is 32.2. The predicted octanol–water partition coefficient (Wildman–Crippen LogP) is 1.49. The lowest BCUT2D eigenvalue weighted by Crippen LogP contribution is -2.31. The van der Waals surface area contributed by atoms with Gasteiger partial charge in [0.05, 0.1) is 13.2 Å². The zero-order chi connectivity index (χ0) is 9.80. The van der Waals surface area contributed by atoms with Gasteiger partial charge in [-0.25, -0.2) is 0 Å². The third kappa shape index (κ3) is 2.89. The van der Waals surface area contributed by atoms with E-state index in [9.17, 15) is 0 Å². The molecule has 2 aliphatic heterocycles. The van der Waals surface area contributed by atoms with Gasteiger partial charge in [0, 0.05) is 18.4 Å². The normalized spacial score (nSPS) is 32.8. The van der Waals surface area contributed by atoms with Crippen LogP contribution in [0.3, 0.4) is 0 Å². The fourth-order valence-electron chi connectivity index (χ4n) is 1.77. The maximum atomic E-state index is 5.43. The molecule has 0 aromatic rings. The minimum Gasteiger partial charge on any atom is -0.381 e. The van der Waals surface area contributed by atoms with Crippen molar-refractivity contribution in [3.8, 4) is 0 Å². The number of rotatable bonds is 2. The van der Waals surface area contributed by atoms with Gasteiger partial charge in [-0.15, -0.1) is 0 Å². The van der Waals surface area contributed by atoms with Gasteiger partial charge in [-0.05, 0) is 18.8 Å². The van der Waals surface area contributed by atoms with Gasteiger partial charge in [-0.3, -0.25) is 4.99 Å². The summed E-state index contributed by atoms with van der Waals surface area (Å²) in [5.41, 5.74) is 0. The third-order valence-electron chi connectivity index (χ3n) is 2.60. The van der Waals surface area contributed by atoms with Crippen LogP contribution in [0.4, 0.5) is 0 Å². The Morgan fingerprint density at radius 1 is 1.64 bits per heavy atom. The smallest absolute Gasteiger partial charge is 0.156 e. The van der Waals surface area contributed by atoms with Crippen molar-refractivity contribution in [2.45, 2.75) is 25.0 Å². The first-order valence-corrected chi connectivity index (χ1v) is 6.25. The van der Waals surface area contributed by atoms with Crippen LogP contribution >= 0.6 is 11.8 Å². The van der Waals surface area contributed by atoms with Crippen LogP contribution in [0.25, 0.3) is 0 Å². The number of hydrogen-bond acceptors (Lipinski definition) is 4. The van der Waals surface area contributed by atoms with Gasteiger partial charge in [0.25, 0.3) is 0 Å². The first-order valence-electron chi connectivity index (χ1n) is 5.37. The molecule has 1 saturated heterocycles. The minimum atomic E-state index is 0.653. The number of aliphatic imine (C=N–C) groups is 1. The Hall–Kier alpha value is -0.220. The van der Waals surface area contributed by atoms with Gasteiger partial charge < -0.3 is 10.1 Å². The number of ether oxygens (including phenoxy) is 1. The van der Waals surface area contributed by atoms with Crippen molar-refractivity contribution < 1.29 is 4.74 Å². The van der Waals surface area contributed by atoms with Crippen molar-refractivity contribution in [1.82, 2.24) is 5.32 Å². The van der Waals surface area contributed by atoms with Crippen LogP contribution in [-0.4, -0.2) is 36.7 Å². The van der Waals surface area contributed by atoms with Crippen LogP contribution in [0.2, 0.25) is 0 Å². The molecule has 0 spiro atoms. The summed E-state index contributed by atoms with van der Waals surface area (Å²) >= 11 is 1.85. The molecular formula is C10H18N2OS. The molecule has 2 heterocycles. The third-order valence-corrected chi connectivity index (χ3v) is 3.65. The lowest BCUT2D eigenvalue weighted by molar-refractivity contribution is 0.0565. The molecule has 3 nitrogen and oxygen atoms in total. The molecule has 0 saturated carbocycles. The van der Waals surface area contributed by atoms with Gasteiger partial charge in [0.2, 0.25) is 0 Å². The van der Waals surface area contributed by atoms with Crippen LogP contribution in [0, 0.1) is 5.92 Å². The van der Waals surface area contributed by atoms with Crippen molar-refractivity contribution in [2.75, 3.05) is 26.3 Å². The molecule has 2 atom stereocenters. The summed E-state index contributed by atoms with van der Waals surface area (Å²) < 4.78 is 5.43. The van der Waals surface area contributed by atoms with Gasteiger partial charge in [0.15, 0.2) is 5.17 Å². The molecule has 0 aromatic carbocycles. The Morgan fingerprint density at radius 2 is 2.57 bits per heavy atom. The zero-order valence-electron chi connectivity index (χ0n) is 8.66. The van der Waals surface area contributed by atoms with Crippen molar-refractivity contribution in [2.24, 2.45) is 10.9 Å². The topological polar surface area (TPSA) is 33.6 Å². The van der Waals surface area contributed by atoms with Crippen molar-refractivity contribution in [3.05, 3.63) is 0 Å². The summed E-state index contributed by atoms with van der Waals surface area (Å²) in [4.78, 5) is 4.43. The predicted molar refractivity (Wildman–Crippen MR) is 60.9 cm³/mol. The highest BCUT2D eigenvalue weighted by molar-refractivity contribution is 8.14. The number of nitrogens with zero attached hydrogens (tertiary/aromatic N) is 1. The molecule has 1 N–H and O–H groups in total. The van der Waals surface area contributed by atoms with E-state index in [0.717, 1.165) is 31.5 Å². The maximum absolute atomic E-state index is 5.43. The maximum Gasteiger partial charge on any atom is 0.156 e. The van der Waals surface area contributed by atoms with E-state index in [0.29, 0.717) is 11.2 Å². The minimum absolute atomic E-state index is 0.653. The van der Waals surface area contributed by atoms with E-state index in [1.165, 1.54) is 12.8 Å². The average molecular weight is 214 g/mol. The molecule has 2 unspecified atom stereocenters. The molecule has 2 aliphatic rings. The van der Waals surface area contributed by atoms with E-state index < -0.39 is 0 Å². The summed E-state index contributed by atoms with van der Waals surface area (Å²) in [5.74, 6) is 0.683. The van der Waals surface area contributed by atoms with Gasteiger partial charge in [0.1, 0.15) is 0 Å². The summed E-state index contributed by atoms with van der Waals surface area (Å²) in [5, 5.41) is 5.20. The van der Waals surface area contributed by atoms with Crippen molar-refractivity contribution in [3.63, 3.8) is 0 Å². The van der Waals surface area contributed by atoms with E-state index in [1.807, 2.05) is 11.8 Å². The van der Waals surface area contributed by atoms with Gasteiger partial charge >= 0.3 is 0 Å². The highest BCUT2D eigenvalue weighted by Crippen LogP contribution is 2.19. The summed E-state index contributed by atoms with van der Waals surface area (Å²) in [6.07, 6.45) is 2.50. The second-order valence-electron chi connectivity index (χ2n) is 4.04. The van der Waals surface area contributed by atoms with Gasteiger partial charge in [-0.1, -0.05) is 18.7 Å². The Bertz CT molecular complexity index is 214. The second-order valence-corrected chi connectivity index (χ2v) is 5.47. The molecule has 0 aromatic heterocycles. The summed E-state index contributed by atoms with van der Waals surface area (Å²) in [7, 11) is 0. The van der Waals surface area contributed by atoms with Crippen LogP contribution in [0.5, 0.6) is 0 Å². The molecule has 0 bridgehead atoms. The molecule has 14 heavy (non-hydrogen) atoms. The van der Waals surface area contributed by atoms with E-state index in [-0.39, 0.29) is 0 Å². The van der Waals surface area contributed by atoms with Crippen LogP contribution in [-0.2, 0) is 4.74 Å². The average Bonchev–Trinajstić information content (AvgIpc) is 2.63. The molecule has 0 radical (unpaired) electrons. The number of hydrogen-bond donors (Lipinski definition) is 1. The van der Waals surface area contributed by atoms with E-state index in [4.69, 9.17) is 4.74 Å². The molecule has 0 aliphatic carbocycles. The quantitative estimate of drug-likeness (QED) is 0.756. The van der Waals surface area contributed by atoms with E-state index in [1.54, 1.807) is 0 Å². The SMILES string of the molecule is CC1CN=C(NCC2CCCOC2)S1. The first-order chi connectivity index (χ1) is 6.84. The van der Waals surface area contributed by atoms with Crippen LogP contribution in [0.1, 0.15) is 19.8 Å². The molecule has 80 valence electrons. The largest absolute Gasteiger partial charge is 0.381 e. The molecule has 2 rings (SSSR count). The number of nitrogens with one attached hydrogen (secondary N) is 1. The lowest BCUT2D eigenvalue weighted by atomic mass is 10.0. The Kier molecular flexibility index (Phi) is 3.70. The van der Waals surface area contributed by atoms with Crippen LogP contribution < -0.4 is 5.32 Å². The van der Waals surface area contributed by atoms with Crippen LogP contribution in [0.15, 0.2) is 4.99 Å². The molecule has 4 heteroatoms. The Balaban J connectivity index is 1.66. The zero-order valence-corrected chi connectivity index (χ0v) is 9.48. The van der Waals surface area contributed by atoms with Crippen molar-refractivity contribution in [1.29, 1.82) is 0 Å².